The molecule has 25 valence electrons. The van der Waals surface area contributed by atoms with Crippen LogP contribution in [0.5, 0.6) is 0 Å². The average Bonchev–Trinajstić information content (AvgIpc) is 1.41. The molecule has 0 saturated heterocycles. The number of carbonyl (C=O) groups excluding carboxylic acids is 1. The van der Waals surface area contributed by atoms with E-state index < -0.39 is 0 Å². The van der Waals surface area contributed by atoms with Gasteiger partial charge in [-0.15, -0.1) is 0 Å². The molecule has 2 nitrogen and oxygen atoms in total. The first-order chi connectivity index (χ1) is 2.41. The molecule has 0 rings (SSSR count). The molecule has 0 atom stereocenters. The van der Waals surface area contributed by atoms with Crippen LogP contribution in [-0.4, -0.2) is 13.5 Å². The van der Waals surface area contributed by atoms with E-state index in [1.165, 1.54) is 13.5 Å². The SMILES string of the molecule is C[B]N=C=O. The topological polar surface area (TPSA) is 29.4 Å². The first-order valence-corrected chi connectivity index (χ1v) is 1.26. The maximum Gasteiger partial charge on any atom is 0.289 e. The minimum Gasteiger partial charge on any atom is -0.275 e. The van der Waals surface area contributed by atoms with E-state index in [9.17, 15) is 0 Å². The molecule has 0 aliphatic carbocycles. The second kappa shape index (κ2) is 3.44. The summed E-state index contributed by atoms with van der Waals surface area (Å²) in [7, 11) is 1.38. The Kier molecular flexibility index (Phi) is 3.06. The Labute approximate surface area is 31.2 Å². The molecule has 0 saturated carbocycles. The Bertz CT molecular complexity index is 56.7. The predicted molar refractivity (Wildman–Crippen MR) is 19.7 cm³/mol. The number of hydrogen-bond acceptors (Lipinski definition) is 2. The summed E-state index contributed by atoms with van der Waals surface area (Å²) in [4.78, 5) is 12.1. The van der Waals surface area contributed by atoms with Crippen LogP contribution < -0.4 is 0 Å². The van der Waals surface area contributed by atoms with Gasteiger partial charge < -0.3 is 0 Å². The molecular formula is C2H3BNO. The summed E-state index contributed by atoms with van der Waals surface area (Å²) in [5, 5.41) is 0. The molecule has 0 aliphatic heterocycles. The second-order valence-corrected chi connectivity index (χ2v) is 0.479. The van der Waals surface area contributed by atoms with Crippen molar-refractivity contribution in [1.29, 1.82) is 0 Å². The normalized spacial score (nSPS) is 5.00. The largest absolute Gasteiger partial charge is 0.289 e. The van der Waals surface area contributed by atoms with Crippen LogP contribution in [0.4, 0.5) is 0 Å². The van der Waals surface area contributed by atoms with Crippen molar-refractivity contribution in [2.75, 3.05) is 0 Å². The lowest BCUT2D eigenvalue weighted by molar-refractivity contribution is 0.566. The fourth-order valence-corrected chi connectivity index (χ4v) is 0.0527. The summed E-state index contributed by atoms with van der Waals surface area (Å²) in [5.41, 5.74) is 0. The lowest BCUT2D eigenvalue weighted by atomic mass is 10.0. The van der Waals surface area contributed by atoms with E-state index in [4.69, 9.17) is 4.79 Å². The van der Waals surface area contributed by atoms with Gasteiger partial charge in [-0.3, -0.25) is 4.90 Å². The van der Waals surface area contributed by atoms with Crippen LogP contribution in [-0.2, 0) is 4.79 Å². The zero-order valence-corrected chi connectivity index (χ0v) is 2.93. The Hall–Kier alpha value is -0.555. The highest BCUT2D eigenvalue weighted by molar-refractivity contribution is 6.32. The summed E-state index contributed by atoms with van der Waals surface area (Å²) in [6.07, 6.45) is 1.34. The van der Waals surface area contributed by atoms with Crippen LogP contribution >= 0.6 is 0 Å². The minimum absolute atomic E-state index is 1.34. The Balaban J connectivity index is 2.93. The third kappa shape index (κ3) is 3.44. The summed E-state index contributed by atoms with van der Waals surface area (Å²) in [5.74, 6) is 0. The van der Waals surface area contributed by atoms with Crippen molar-refractivity contribution in [3.63, 3.8) is 0 Å². The Morgan fingerprint density at radius 1 is 2.00 bits per heavy atom. The molecule has 5 heavy (non-hydrogen) atoms. The van der Waals surface area contributed by atoms with Gasteiger partial charge in [0.05, 0.1) is 0 Å². The van der Waals surface area contributed by atoms with Crippen molar-refractivity contribution in [2.45, 2.75) is 6.82 Å². The number of nitrogens with zero attached hydrogens (tertiary/aromatic N) is 1. The molecule has 0 fully saturated rings. The van der Waals surface area contributed by atoms with Gasteiger partial charge in [0.1, 0.15) is 0 Å². The Morgan fingerprint density at radius 3 is 2.60 bits per heavy atom. The molecule has 0 spiro atoms. The van der Waals surface area contributed by atoms with Crippen molar-refractivity contribution < 1.29 is 4.79 Å². The van der Waals surface area contributed by atoms with Gasteiger partial charge in [0, 0.05) is 0 Å². The van der Waals surface area contributed by atoms with Gasteiger partial charge in [-0.1, -0.05) is 6.82 Å². The predicted octanol–water partition coefficient (Wildman–Crippen LogP) is -0.0105. The van der Waals surface area contributed by atoms with E-state index in [1.807, 2.05) is 0 Å². The first-order valence-electron chi connectivity index (χ1n) is 1.26. The zero-order chi connectivity index (χ0) is 4.12. The van der Waals surface area contributed by atoms with Gasteiger partial charge in [0.15, 0.2) is 0 Å². The highest BCUT2D eigenvalue weighted by Crippen LogP contribution is 1.48. The van der Waals surface area contributed by atoms with Gasteiger partial charge in [0.25, 0.3) is 7.41 Å². The highest BCUT2D eigenvalue weighted by atomic mass is 16.1. The average molecular weight is 67.9 g/mol. The molecule has 0 unspecified atom stereocenters. The number of rotatable bonds is 1. The molecule has 0 heterocycles. The third-order valence-corrected chi connectivity index (χ3v) is 0.182. The minimum atomic E-state index is 1.34. The smallest absolute Gasteiger partial charge is 0.275 e. The summed E-state index contributed by atoms with van der Waals surface area (Å²) in [6, 6.07) is 0. The molecule has 0 N–H and O–H groups in total. The summed E-state index contributed by atoms with van der Waals surface area (Å²) in [6.45, 7) is 1.66. The van der Waals surface area contributed by atoms with Crippen LogP contribution in [0.2, 0.25) is 6.82 Å². The van der Waals surface area contributed by atoms with Gasteiger partial charge in [-0.2, -0.15) is 0 Å². The van der Waals surface area contributed by atoms with Gasteiger partial charge in [0.2, 0.25) is 6.08 Å². The van der Waals surface area contributed by atoms with Crippen molar-refractivity contribution in [1.82, 2.24) is 0 Å². The van der Waals surface area contributed by atoms with Gasteiger partial charge >= 0.3 is 0 Å². The van der Waals surface area contributed by atoms with E-state index in [0.29, 0.717) is 0 Å². The first kappa shape index (κ1) is 4.44. The van der Waals surface area contributed by atoms with Crippen molar-refractivity contribution in [3.8, 4) is 0 Å². The molecule has 1 radical (unpaired) electrons. The second-order valence-electron chi connectivity index (χ2n) is 0.479. The van der Waals surface area contributed by atoms with Crippen LogP contribution in [0.3, 0.4) is 0 Å². The summed E-state index contributed by atoms with van der Waals surface area (Å²) < 4.78 is 0. The summed E-state index contributed by atoms with van der Waals surface area (Å²) >= 11 is 0. The lowest BCUT2D eigenvalue weighted by Gasteiger charge is -1.53. The molecular weight excluding hydrogens is 64.8 g/mol. The van der Waals surface area contributed by atoms with Crippen molar-refractivity contribution in [2.24, 2.45) is 4.90 Å². The maximum atomic E-state index is 9.08. The van der Waals surface area contributed by atoms with E-state index >= 15 is 0 Å². The third-order valence-electron chi connectivity index (χ3n) is 0.182. The molecule has 0 amide bonds. The molecule has 0 aromatic heterocycles. The lowest BCUT2D eigenvalue weighted by Crippen LogP contribution is -1.65. The molecule has 0 aromatic rings. The maximum absolute atomic E-state index is 9.08. The van der Waals surface area contributed by atoms with E-state index in [2.05, 4.69) is 4.90 Å². The van der Waals surface area contributed by atoms with E-state index in [0.717, 1.165) is 0 Å². The monoisotopic (exact) mass is 68.0 g/mol. The number of hydrogen-bond donors (Lipinski definition) is 0. The van der Waals surface area contributed by atoms with Crippen LogP contribution in [0.1, 0.15) is 0 Å². The number of isocyanates is 1. The highest BCUT2D eigenvalue weighted by Gasteiger charge is 1.60. The van der Waals surface area contributed by atoms with Crippen LogP contribution in [0.15, 0.2) is 4.90 Å². The van der Waals surface area contributed by atoms with Crippen molar-refractivity contribution in [3.05, 3.63) is 0 Å². The van der Waals surface area contributed by atoms with Crippen LogP contribution in [0.25, 0.3) is 0 Å². The standard InChI is InChI=1S/C2H3BNO/c1-3-4-2-5/h1H3. The zero-order valence-electron chi connectivity index (χ0n) is 2.93. The molecule has 0 aliphatic rings. The van der Waals surface area contributed by atoms with Gasteiger partial charge in [-0.25, -0.2) is 4.79 Å². The van der Waals surface area contributed by atoms with Crippen LogP contribution in [0, 0.1) is 0 Å². The van der Waals surface area contributed by atoms with Gasteiger partial charge in [-0.05, 0) is 0 Å². The molecule has 0 aromatic carbocycles. The fourth-order valence-electron chi connectivity index (χ4n) is 0.0527. The molecule has 3 heteroatoms. The van der Waals surface area contributed by atoms with E-state index in [1.54, 1.807) is 6.82 Å². The Morgan fingerprint density at radius 2 is 2.60 bits per heavy atom. The van der Waals surface area contributed by atoms with E-state index in [-0.39, 0.29) is 0 Å². The quantitative estimate of drug-likeness (QED) is 0.241. The van der Waals surface area contributed by atoms with Crippen molar-refractivity contribution >= 4 is 13.5 Å². The molecule has 0 bridgehead atoms. The fraction of sp³-hybridized carbons (Fsp3) is 0.500.